The second kappa shape index (κ2) is 9.86. The lowest BCUT2D eigenvalue weighted by atomic mass is 10.0. The van der Waals surface area contributed by atoms with Crippen LogP contribution in [0.5, 0.6) is 0 Å². The zero-order valence-corrected chi connectivity index (χ0v) is 24.1. The van der Waals surface area contributed by atoms with Crippen molar-refractivity contribution in [2.24, 2.45) is 0 Å². The third kappa shape index (κ3) is 3.82. The van der Waals surface area contributed by atoms with E-state index >= 15 is 0 Å². The Balaban J connectivity index is 1.22. The minimum atomic E-state index is 1.16. The maximum Gasteiger partial charge on any atom is 0.0562 e. The Bertz CT molecular complexity index is 2450. The molecule has 0 N–H and O–H groups in total. The van der Waals surface area contributed by atoms with E-state index in [1.165, 1.54) is 71.6 Å². The highest BCUT2D eigenvalue weighted by Crippen LogP contribution is 2.39. The molecule has 2 heteroatoms. The molecule has 0 radical (unpaired) electrons. The van der Waals surface area contributed by atoms with Gasteiger partial charge in [-0.2, -0.15) is 0 Å². The van der Waals surface area contributed by atoms with E-state index < -0.39 is 0 Å². The van der Waals surface area contributed by atoms with E-state index in [9.17, 15) is 0 Å². The Hall–Kier alpha value is -5.86. The molecule has 7 aromatic carbocycles. The number of hydrogen-bond donors (Lipinski definition) is 0. The molecule has 0 atom stereocenters. The molecular formula is C42H28N2. The number of fused-ring (bicyclic) bond motifs is 6. The summed E-state index contributed by atoms with van der Waals surface area (Å²) in [6.07, 6.45) is 0. The Labute approximate surface area is 255 Å². The van der Waals surface area contributed by atoms with E-state index in [0.717, 1.165) is 5.69 Å². The quantitative estimate of drug-likeness (QED) is 0.203. The van der Waals surface area contributed by atoms with Crippen LogP contribution in [0, 0.1) is 0 Å². The molecule has 0 saturated heterocycles. The van der Waals surface area contributed by atoms with Crippen LogP contribution in [-0.2, 0) is 0 Å². The zero-order valence-electron chi connectivity index (χ0n) is 24.1. The molecule has 0 fully saturated rings. The van der Waals surface area contributed by atoms with Crippen molar-refractivity contribution in [3.63, 3.8) is 0 Å². The van der Waals surface area contributed by atoms with Crippen LogP contribution in [0.2, 0.25) is 0 Å². The van der Waals surface area contributed by atoms with Crippen LogP contribution in [0.15, 0.2) is 170 Å². The summed E-state index contributed by atoms with van der Waals surface area (Å²) in [5, 5.41) is 5.08. The average Bonchev–Trinajstić information content (AvgIpc) is 3.60. The number of para-hydroxylation sites is 3. The SMILES string of the molecule is c1ccc(-c2ccc(-c3ccc(-n4c5ccccc5c5cc6c7ccccc7n(-c7ccccc7)c6cc54)cc3)cc2)cc1. The van der Waals surface area contributed by atoms with Gasteiger partial charge >= 0.3 is 0 Å². The fraction of sp³-hybridized carbons (Fsp3) is 0. The first-order valence-corrected chi connectivity index (χ1v) is 15.1. The molecule has 2 heterocycles. The Morgan fingerprint density at radius 2 is 0.636 bits per heavy atom. The van der Waals surface area contributed by atoms with Gasteiger partial charge in [0, 0.05) is 32.9 Å². The molecule has 0 amide bonds. The Kier molecular flexibility index (Phi) is 5.54. The summed E-state index contributed by atoms with van der Waals surface area (Å²) in [5.41, 5.74) is 12.1. The van der Waals surface area contributed by atoms with Gasteiger partial charge in [-0.25, -0.2) is 0 Å². The highest BCUT2D eigenvalue weighted by molar-refractivity contribution is 6.19. The van der Waals surface area contributed by atoms with E-state index in [-0.39, 0.29) is 0 Å². The van der Waals surface area contributed by atoms with Gasteiger partial charge in [0.15, 0.2) is 0 Å². The van der Waals surface area contributed by atoms with Crippen LogP contribution in [0.3, 0.4) is 0 Å². The molecule has 0 aliphatic carbocycles. The lowest BCUT2D eigenvalue weighted by molar-refractivity contribution is 1.16. The van der Waals surface area contributed by atoms with Gasteiger partial charge in [-0.3, -0.25) is 0 Å². The van der Waals surface area contributed by atoms with Crippen molar-refractivity contribution >= 4 is 43.6 Å². The summed E-state index contributed by atoms with van der Waals surface area (Å²) in [4.78, 5) is 0. The van der Waals surface area contributed by atoms with Gasteiger partial charge in [0.05, 0.1) is 22.1 Å². The molecule has 0 aliphatic heterocycles. The van der Waals surface area contributed by atoms with Crippen LogP contribution in [0.25, 0.3) is 77.2 Å². The lowest BCUT2D eigenvalue weighted by Gasteiger charge is -2.11. The summed E-state index contributed by atoms with van der Waals surface area (Å²) in [5.74, 6) is 0. The fourth-order valence-corrected chi connectivity index (χ4v) is 6.85. The first kappa shape index (κ1) is 24.7. The Morgan fingerprint density at radius 3 is 1.16 bits per heavy atom. The minimum absolute atomic E-state index is 1.16. The molecule has 0 aliphatic rings. The summed E-state index contributed by atoms with van der Waals surface area (Å²) in [7, 11) is 0. The third-order valence-corrected chi connectivity index (χ3v) is 8.93. The van der Waals surface area contributed by atoms with Crippen LogP contribution in [0.1, 0.15) is 0 Å². The van der Waals surface area contributed by atoms with Crippen LogP contribution in [-0.4, -0.2) is 9.13 Å². The maximum absolute atomic E-state index is 2.42. The van der Waals surface area contributed by atoms with Crippen molar-refractivity contribution in [3.8, 4) is 33.6 Å². The number of nitrogens with zero attached hydrogens (tertiary/aromatic N) is 2. The van der Waals surface area contributed by atoms with Crippen molar-refractivity contribution < 1.29 is 0 Å². The van der Waals surface area contributed by atoms with Gasteiger partial charge in [0.25, 0.3) is 0 Å². The maximum atomic E-state index is 2.42. The molecule has 206 valence electrons. The van der Waals surface area contributed by atoms with Crippen molar-refractivity contribution in [1.29, 1.82) is 0 Å². The highest BCUT2D eigenvalue weighted by atomic mass is 15.0. The third-order valence-electron chi connectivity index (χ3n) is 8.93. The first-order chi connectivity index (χ1) is 21.8. The normalized spacial score (nSPS) is 11.6. The van der Waals surface area contributed by atoms with E-state index in [4.69, 9.17) is 0 Å². The van der Waals surface area contributed by atoms with Gasteiger partial charge in [-0.05, 0) is 70.8 Å². The van der Waals surface area contributed by atoms with Crippen molar-refractivity contribution in [1.82, 2.24) is 9.13 Å². The topological polar surface area (TPSA) is 9.86 Å². The standard InChI is InChI=1S/C42H28N2/c1-3-11-29(12-4-1)30-19-21-31(22-20-30)32-23-25-34(26-24-32)44-40-18-10-8-16-36(40)38-27-37-35-15-7-9-17-39(35)43(41(37)28-42(38)44)33-13-5-2-6-14-33/h1-28H. The summed E-state index contributed by atoms with van der Waals surface area (Å²) in [6.45, 7) is 0. The fourth-order valence-electron chi connectivity index (χ4n) is 6.85. The van der Waals surface area contributed by atoms with E-state index in [2.05, 4.69) is 179 Å². The highest BCUT2D eigenvalue weighted by Gasteiger charge is 2.18. The molecule has 0 saturated carbocycles. The molecule has 0 unspecified atom stereocenters. The van der Waals surface area contributed by atoms with Gasteiger partial charge in [0.1, 0.15) is 0 Å². The Morgan fingerprint density at radius 1 is 0.250 bits per heavy atom. The van der Waals surface area contributed by atoms with Crippen LogP contribution in [0.4, 0.5) is 0 Å². The van der Waals surface area contributed by atoms with Gasteiger partial charge in [-0.15, -0.1) is 0 Å². The molecule has 9 aromatic rings. The minimum Gasteiger partial charge on any atom is -0.309 e. The number of aromatic nitrogens is 2. The average molecular weight is 561 g/mol. The lowest BCUT2D eigenvalue weighted by Crippen LogP contribution is -1.95. The smallest absolute Gasteiger partial charge is 0.0562 e. The van der Waals surface area contributed by atoms with Crippen LogP contribution < -0.4 is 0 Å². The summed E-state index contributed by atoms with van der Waals surface area (Å²) < 4.78 is 4.81. The van der Waals surface area contributed by atoms with E-state index in [1.807, 2.05) is 0 Å². The summed E-state index contributed by atoms with van der Waals surface area (Å²) in [6, 6.07) is 61.4. The van der Waals surface area contributed by atoms with Crippen molar-refractivity contribution in [2.75, 3.05) is 0 Å². The second-order valence-corrected chi connectivity index (χ2v) is 11.4. The molecule has 0 bridgehead atoms. The molecule has 44 heavy (non-hydrogen) atoms. The molecule has 9 rings (SSSR count). The number of rotatable bonds is 4. The molecule has 2 nitrogen and oxygen atoms in total. The zero-order chi connectivity index (χ0) is 29.0. The predicted octanol–water partition coefficient (Wildman–Crippen LogP) is 11.2. The number of hydrogen-bond acceptors (Lipinski definition) is 0. The predicted molar refractivity (Wildman–Crippen MR) is 186 cm³/mol. The van der Waals surface area contributed by atoms with Gasteiger partial charge in [0.2, 0.25) is 0 Å². The second-order valence-electron chi connectivity index (χ2n) is 11.4. The van der Waals surface area contributed by atoms with Crippen molar-refractivity contribution in [2.45, 2.75) is 0 Å². The van der Waals surface area contributed by atoms with Gasteiger partial charge in [-0.1, -0.05) is 121 Å². The van der Waals surface area contributed by atoms with Gasteiger partial charge < -0.3 is 9.13 Å². The summed E-state index contributed by atoms with van der Waals surface area (Å²) >= 11 is 0. The largest absolute Gasteiger partial charge is 0.309 e. The molecule has 2 aromatic heterocycles. The molecule has 0 spiro atoms. The van der Waals surface area contributed by atoms with Crippen molar-refractivity contribution in [3.05, 3.63) is 170 Å². The van der Waals surface area contributed by atoms with E-state index in [1.54, 1.807) is 0 Å². The van der Waals surface area contributed by atoms with E-state index in [0.29, 0.717) is 0 Å². The first-order valence-electron chi connectivity index (χ1n) is 15.1. The molecular weight excluding hydrogens is 532 g/mol. The van der Waals surface area contributed by atoms with Crippen LogP contribution >= 0.6 is 0 Å². The monoisotopic (exact) mass is 560 g/mol. The number of benzene rings is 7.